The molecule has 202 valence electrons. The average molecular weight is 507 g/mol. The maximum Gasteiger partial charge on any atom is 0.338 e. The minimum atomic E-state index is -0.848. The fourth-order valence-electron chi connectivity index (χ4n) is 10.4. The molecule has 8 nitrogen and oxygen atoms in total. The van der Waals surface area contributed by atoms with Crippen LogP contribution < -0.4 is 0 Å². The second-order valence-electron chi connectivity index (χ2n) is 13.8. The van der Waals surface area contributed by atoms with Gasteiger partial charge in [-0.1, -0.05) is 34.6 Å². The number of esters is 2. The maximum absolute atomic E-state index is 13.3. The highest BCUT2D eigenvalue weighted by atomic mass is 16.7. The molecule has 0 aromatic heterocycles. The predicted octanol–water partition coefficient (Wildman–Crippen LogP) is 2.62. The minimum absolute atomic E-state index is 0.0701. The van der Waals surface area contributed by atoms with Gasteiger partial charge in [0.05, 0.1) is 18.8 Å². The average Bonchev–Trinajstić information content (AvgIpc) is 3.36. The Labute approximate surface area is 213 Å². The van der Waals surface area contributed by atoms with Crippen LogP contribution in [-0.4, -0.2) is 71.5 Å². The Balaban J connectivity index is 1.52. The number of cyclic esters (lactones) is 1. The SMILES string of the molecule is CC(=O)O[C@@H]1CC2C(C)(C)[C@H](O)C[C@H](O)[C@]2(C)C2CC[C@@]3(C)[C@H]([C@H]4CCOC4)OC(=O)[C@H]4O[C@]43[C@@]21C. The van der Waals surface area contributed by atoms with E-state index in [1.165, 1.54) is 6.92 Å². The van der Waals surface area contributed by atoms with Gasteiger partial charge in [0.15, 0.2) is 6.10 Å². The van der Waals surface area contributed by atoms with E-state index < -0.39 is 51.7 Å². The summed E-state index contributed by atoms with van der Waals surface area (Å²) >= 11 is 0. The third kappa shape index (κ3) is 2.70. The summed E-state index contributed by atoms with van der Waals surface area (Å²) in [5.41, 5.74) is -3.03. The van der Waals surface area contributed by atoms with Gasteiger partial charge >= 0.3 is 11.9 Å². The van der Waals surface area contributed by atoms with Crippen LogP contribution in [-0.2, 0) is 28.5 Å². The normalized spacial score (nSPS) is 56.9. The van der Waals surface area contributed by atoms with Crippen LogP contribution in [0.15, 0.2) is 0 Å². The number of carbonyl (C=O) groups is 2. The number of hydrogen-bond donors (Lipinski definition) is 2. The van der Waals surface area contributed by atoms with Crippen LogP contribution in [0.2, 0.25) is 0 Å². The van der Waals surface area contributed by atoms with Crippen LogP contribution in [0.25, 0.3) is 0 Å². The Morgan fingerprint density at radius 1 is 1.03 bits per heavy atom. The van der Waals surface area contributed by atoms with Gasteiger partial charge < -0.3 is 29.2 Å². The molecule has 6 fully saturated rings. The third-order valence-corrected chi connectivity index (χ3v) is 12.3. The second-order valence-corrected chi connectivity index (χ2v) is 13.8. The Kier molecular flexibility index (Phi) is 5.19. The van der Waals surface area contributed by atoms with Gasteiger partial charge in [0, 0.05) is 42.1 Å². The molecule has 3 saturated heterocycles. The van der Waals surface area contributed by atoms with Gasteiger partial charge in [0.2, 0.25) is 0 Å². The highest BCUT2D eigenvalue weighted by Gasteiger charge is 2.89. The van der Waals surface area contributed by atoms with E-state index in [-0.39, 0.29) is 35.8 Å². The quantitative estimate of drug-likeness (QED) is 0.434. The Hall–Kier alpha value is -1.22. The summed E-state index contributed by atoms with van der Waals surface area (Å²) < 4.78 is 24.5. The van der Waals surface area contributed by atoms with Gasteiger partial charge in [-0.2, -0.15) is 0 Å². The first-order valence-corrected chi connectivity index (χ1v) is 13.8. The lowest BCUT2D eigenvalue weighted by atomic mass is 9.34. The molecule has 12 atom stereocenters. The van der Waals surface area contributed by atoms with Crippen LogP contribution in [0.1, 0.15) is 73.6 Å². The first-order chi connectivity index (χ1) is 16.8. The van der Waals surface area contributed by atoms with Gasteiger partial charge in [-0.3, -0.25) is 4.79 Å². The molecule has 0 radical (unpaired) electrons. The molecular formula is C28H42O8. The van der Waals surface area contributed by atoms with E-state index in [1.54, 1.807) is 0 Å². The zero-order valence-electron chi connectivity index (χ0n) is 22.4. The number of hydrogen-bond acceptors (Lipinski definition) is 8. The summed E-state index contributed by atoms with van der Waals surface area (Å²) in [6.45, 7) is 13.3. The van der Waals surface area contributed by atoms with Crippen LogP contribution in [0.3, 0.4) is 0 Å². The van der Waals surface area contributed by atoms with Crippen molar-refractivity contribution in [2.75, 3.05) is 13.2 Å². The van der Waals surface area contributed by atoms with Crippen molar-refractivity contribution in [3.8, 4) is 0 Å². The molecule has 3 aliphatic carbocycles. The molecule has 3 heterocycles. The lowest BCUT2D eigenvalue weighted by Crippen LogP contribution is -2.76. The summed E-state index contributed by atoms with van der Waals surface area (Å²) in [4.78, 5) is 25.8. The Morgan fingerprint density at radius 3 is 2.39 bits per heavy atom. The zero-order valence-corrected chi connectivity index (χ0v) is 22.4. The summed E-state index contributed by atoms with van der Waals surface area (Å²) in [5.74, 6) is -0.731. The van der Waals surface area contributed by atoms with Crippen molar-refractivity contribution in [2.45, 2.75) is 110 Å². The summed E-state index contributed by atoms with van der Waals surface area (Å²) in [5, 5.41) is 22.6. The van der Waals surface area contributed by atoms with Crippen molar-refractivity contribution >= 4 is 11.9 Å². The number of aliphatic hydroxyl groups is 2. The molecule has 8 heteroatoms. The number of epoxide rings is 1. The maximum atomic E-state index is 13.3. The van der Waals surface area contributed by atoms with E-state index in [0.29, 0.717) is 26.1 Å². The monoisotopic (exact) mass is 506 g/mol. The van der Waals surface area contributed by atoms with Crippen molar-refractivity contribution in [3.63, 3.8) is 0 Å². The fraction of sp³-hybridized carbons (Fsp3) is 0.929. The molecule has 6 rings (SSSR count). The number of rotatable bonds is 2. The van der Waals surface area contributed by atoms with E-state index in [0.717, 1.165) is 19.3 Å². The molecule has 0 bridgehead atoms. The molecular weight excluding hydrogens is 464 g/mol. The highest BCUT2D eigenvalue weighted by Crippen LogP contribution is 2.79. The molecule has 0 aromatic carbocycles. The first kappa shape index (κ1) is 25.1. The largest absolute Gasteiger partial charge is 0.462 e. The van der Waals surface area contributed by atoms with Gasteiger partial charge in [0.25, 0.3) is 0 Å². The predicted molar refractivity (Wildman–Crippen MR) is 128 cm³/mol. The van der Waals surface area contributed by atoms with Crippen molar-refractivity contribution < 1.29 is 38.7 Å². The van der Waals surface area contributed by atoms with Gasteiger partial charge in [0.1, 0.15) is 17.8 Å². The fourth-order valence-corrected chi connectivity index (χ4v) is 10.4. The minimum Gasteiger partial charge on any atom is -0.462 e. The van der Waals surface area contributed by atoms with E-state index in [4.69, 9.17) is 18.9 Å². The van der Waals surface area contributed by atoms with Crippen LogP contribution in [0.5, 0.6) is 0 Å². The third-order valence-electron chi connectivity index (χ3n) is 12.3. The summed E-state index contributed by atoms with van der Waals surface area (Å²) in [7, 11) is 0. The van der Waals surface area contributed by atoms with Crippen molar-refractivity contribution in [1.82, 2.24) is 0 Å². The molecule has 6 aliphatic rings. The molecule has 0 amide bonds. The first-order valence-electron chi connectivity index (χ1n) is 13.8. The zero-order chi connectivity index (χ0) is 26.1. The topological polar surface area (TPSA) is 115 Å². The molecule has 2 unspecified atom stereocenters. The summed E-state index contributed by atoms with van der Waals surface area (Å²) in [6, 6.07) is 0. The van der Waals surface area contributed by atoms with Crippen molar-refractivity contribution in [1.29, 1.82) is 0 Å². The smallest absolute Gasteiger partial charge is 0.338 e. The van der Waals surface area contributed by atoms with Gasteiger partial charge in [-0.05, 0) is 42.9 Å². The van der Waals surface area contributed by atoms with Crippen molar-refractivity contribution in [3.05, 3.63) is 0 Å². The van der Waals surface area contributed by atoms with Gasteiger partial charge in [-0.25, -0.2) is 4.79 Å². The summed E-state index contributed by atoms with van der Waals surface area (Å²) in [6.07, 6.45) is 0.324. The Bertz CT molecular complexity index is 975. The second kappa shape index (κ2) is 7.45. The lowest BCUT2D eigenvalue weighted by Gasteiger charge is -2.71. The van der Waals surface area contributed by atoms with Gasteiger partial charge in [-0.15, -0.1) is 0 Å². The lowest BCUT2D eigenvalue weighted by molar-refractivity contribution is -0.297. The molecule has 0 aromatic rings. The molecule has 2 N–H and O–H groups in total. The van der Waals surface area contributed by atoms with E-state index in [2.05, 4.69) is 34.6 Å². The van der Waals surface area contributed by atoms with E-state index in [9.17, 15) is 19.8 Å². The molecule has 3 aliphatic heterocycles. The number of ether oxygens (including phenoxy) is 4. The molecule has 1 spiro atoms. The number of fused-ring (bicyclic) bond motifs is 3. The van der Waals surface area contributed by atoms with Crippen LogP contribution in [0, 0.1) is 39.4 Å². The number of aliphatic hydroxyl groups excluding tert-OH is 2. The van der Waals surface area contributed by atoms with Crippen LogP contribution >= 0.6 is 0 Å². The molecule has 36 heavy (non-hydrogen) atoms. The highest BCUT2D eigenvalue weighted by molar-refractivity contribution is 5.82. The van der Waals surface area contributed by atoms with E-state index in [1.807, 2.05) is 0 Å². The van der Waals surface area contributed by atoms with E-state index >= 15 is 0 Å². The van der Waals surface area contributed by atoms with Crippen LogP contribution in [0.4, 0.5) is 0 Å². The Morgan fingerprint density at radius 2 is 1.75 bits per heavy atom. The van der Waals surface area contributed by atoms with Crippen molar-refractivity contribution in [2.24, 2.45) is 39.4 Å². The number of carbonyl (C=O) groups excluding carboxylic acids is 2. The standard InChI is InChI=1S/C28H42O8/c1-14(29)34-20-11-17-24(2,3)18(30)12-19(31)26(17,5)16-7-9-25(4)21(15-8-10-33-13-15)35-23(32)22-28(25,36-22)27(16,20)6/h15-22,30-31H,7-13H2,1-6H3/t15-,16?,17?,18+,19-,20+,21-,22+,25-,26+,27-,28+/m0/s1. The molecule has 3 saturated carbocycles.